The number of rotatable bonds is 2. The van der Waals surface area contributed by atoms with Gasteiger partial charge in [-0.15, -0.1) is 0 Å². The lowest BCUT2D eigenvalue weighted by Crippen LogP contribution is -1.93. The maximum atomic E-state index is 3.99. The summed E-state index contributed by atoms with van der Waals surface area (Å²) < 4.78 is 0. The molecule has 0 aliphatic heterocycles. The molecule has 0 nitrogen and oxygen atoms in total. The summed E-state index contributed by atoms with van der Waals surface area (Å²) >= 11 is 0. The Labute approximate surface area is 115 Å². The van der Waals surface area contributed by atoms with Crippen molar-refractivity contribution in [1.29, 1.82) is 0 Å². The number of fused-ring (bicyclic) bond motifs is 1. The Morgan fingerprint density at radius 2 is 1.74 bits per heavy atom. The van der Waals surface area contributed by atoms with Crippen LogP contribution in [0.2, 0.25) is 0 Å². The number of aryl methyl sites for hydroxylation is 3. The van der Waals surface area contributed by atoms with Gasteiger partial charge in [0.25, 0.3) is 0 Å². The van der Waals surface area contributed by atoms with Crippen molar-refractivity contribution in [3.05, 3.63) is 64.7 Å². The summed E-state index contributed by atoms with van der Waals surface area (Å²) in [5.41, 5.74) is 9.77. The molecule has 2 aromatic rings. The molecule has 0 unspecified atom stereocenters. The smallest absolute Gasteiger partial charge is 0.00766 e. The third-order valence-corrected chi connectivity index (χ3v) is 4.05. The Balaban J connectivity index is 2.29. The summed E-state index contributed by atoms with van der Waals surface area (Å²) in [7, 11) is 0. The molecule has 96 valence electrons. The number of hydrogen-bond donors (Lipinski definition) is 0. The molecule has 1 aliphatic carbocycles. The first kappa shape index (κ1) is 12.2. The van der Waals surface area contributed by atoms with Gasteiger partial charge in [0.2, 0.25) is 0 Å². The van der Waals surface area contributed by atoms with Gasteiger partial charge in [-0.1, -0.05) is 54.1 Å². The van der Waals surface area contributed by atoms with Crippen LogP contribution in [0.4, 0.5) is 0 Å². The first-order valence-corrected chi connectivity index (χ1v) is 7.05. The Kier molecular flexibility index (Phi) is 3.02. The average molecular weight is 248 g/mol. The normalized spacial score (nSPS) is 13.4. The summed E-state index contributed by atoms with van der Waals surface area (Å²) in [4.78, 5) is 0. The fraction of sp³-hybridized carbons (Fsp3) is 0.263. The zero-order valence-electron chi connectivity index (χ0n) is 11.8. The molecule has 0 amide bonds. The second kappa shape index (κ2) is 4.70. The Bertz CT molecular complexity index is 627. The molecule has 3 rings (SSSR count). The van der Waals surface area contributed by atoms with Gasteiger partial charge in [-0.3, -0.25) is 0 Å². The monoisotopic (exact) mass is 248 g/mol. The van der Waals surface area contributed by atoms with Gasteiger partial charge < -0.3 is 0 Å². The van der Waals surface area contributed by atoms with Crippen molar-refractivity contribution in [1.82, 2.24) is 0 Å². The quantitative estimate of drug-likeness (QED) is 0.693. The van der Waals surface area contributed by atoms with Gasteiger partial charge in [0.05, 0.1) is 0 Å². The first-order chi connectivity index (χ1) is 9.19. The third kappa shape index (κ3) is 2.12. The van der Waals surface area contributed by atoms with Gasteiger partial charge in [-0.05, 0) is 60.9 Å². The van der Waals surface area contributed by atoms with Crippen molar-refractivity contribution < 1.29 is 0 Å². The van der Waals surface area contributed by atoms with Crippen LogP contribution in [0.25, 0.3) is 17.2 Å². The molecule has 0 bridgehead atoms. The minimum atomic E-state index is 1.21. The van der Waals surface area contributed by atoms with E-state index in [0.717, 1.165) is 0 Å². The lowest BCUT2D eigenvalue weighted by atomic mass is 9.90. The Morgan fingerprint density at radius 1 is 1.00 bits per heavy atom. The molecular formula is C19H20. The predicted octanol–water partition coefficient (Wildman–Crippen LogP) is 5.10. The van der Waals surface area contributed by atoms with E-state index in [-0.39, 0.29) is 0 Å². The number of benzene rings is 2. The highest BCUT2D eigenvalue weighted by Gasteiger charge is 2.18. The van der Waals surface area contributed by atoms with Gasteiger partial charge in [0, 0.05) is 0 Å². The summed E-state index contributed by atoms with van der Waals surface area (Å²) in [5, 5.41) is 0. The molecule has 0 radical (unpaired) electrons. The molecule has 0 spiro atoms. The number of hydrogen-bond acceptors (Lipinski definition) is 0. The van der Waals surface area contributed by atoms with Crippen LogP contribution < -0.4 is 0 Å². The molecule has 0 heteroatoms. The molecule has 2 aromatic carbocycles. The van der Waals surface area contributed by atoms with Crippen molar-refractivity contribution in [3.8, 4) is 11.1 Å². The van der Waals surface area contributed by atoms with Gasteiger partial charge in [-0.2, -0.15) is 0 Å². The second-order valence-corrected chi connectivity index (χ2v) is 5.60. The maximum absolute atomic E-state index is 3.99. The van der Waals surface area contributed by atoms with E-state index >= 15 is 0 Å². The van der Waals surface area contributed by atoms with Crippen LogP contribution in [0.15, 0.2) is 36.9 Å². The standard InChI is InChI=1S/C19H20/c1-4-15-8-9-16-6-5-7-18(16)19(15)17-11-13(2)10-14(3)12-17/h4,8-12H,1,5-7H2,2-3H3. The molecule has 0 saturated heterocycles. The van der Waals surface area contributed by atoms with Crippen LogP contribution in [-0.4, -0.2) is 0 Å². The topological polar surface area (TPSA) is 0 Å². The molecule has 1 aliphatic rings. The first-order valence-electron chi connectivity index (χ1n) is 7.05. The summed E-state index contributed by atoms with van der Waals surface area (Å²) in [5.74, 6) is 0. The highest BCUT2D eigenvalue weighted by Crippen LogP contribution is 2.36. The molecule has 0 N–H and O–H groups in total. The van der Waals surface area contributed by atoms with E-state index in [0.29, 0.717) is 0 Å². The maximum Gasteiger partial charge on any atom is -0.00766 e. The summed E-state index contributed by atoms with van der Waals surface area (Å²) in [6.45, 7) is 8.34. The van der Waals surface area contributed by atoms with Gasteiger partial charge in [-0.25, -0.2) is 0 Å². The van der Waals surface area contributed by atoms with Crippen LogP contribution in [0, 0.1) is 13.8 Å². The SMILES string of the molecule is C=Cc1ccc2c(c1-c1cc(C)cc(C)c1)CCC2. The van der Waals surface area contributed by atoms with Crippen molar-refractivity contribution in [2.45, 2.75) is 33.1 Å². The molecule has 0 fully saturated rings. The van der Waals surface area contributed by atoms with E-state index in [1.54, 1.807) is 5.56 Å². The van der Waals surface area contributed by atoms with Crippen molar-refractivity contribution in [3.63, 3.8) is 0 Å². The predicted molar refractivity (Wildman–Crippen MR) is 83.5 cm³/mol. The van der Waals surface area contributed by atoms with E-state index in [1.165, 1.54) is 52.6 Å². The van der Waals surface area contributed by atoms with Gasteiger partial charge >= 0.3 is 0 Å². The lowest BCUT2D eigenvalue weighted by Gasteiger charge is -2.14. The average Bonchev–Trinajstić information content (AvgIpc) is 2.84. The van der Waals surface area contributed by atoms with Crippen molar-refractivity contribution >= 4 is 6.08 Å². The molecule has 0 heterocycles. The molecule has 0 saturated carbocycles. The van der Waals surface area contributed by atoms with E-state index in [2.05, 4.69) is 50.8 Å². The minimum Gasteiger partial charge on any atom is -0.0984 e. The highest BCUT2D eigenvalue weighted by molar-refractivity contribution is 5.80. The molecule has 0 atom stereocenters. The van der Waals surface area contributed by atoms with Gasteiger partial charge in [0.1, 0.15) is 0 Å². The highest BCUT2D eigenvalue weighted by atomic mass is 14.2. The van der Waals surface area contributed by atoms with Crippen LogP contribution in [0.3, 0.4) is 0 Å². The van der Waals surface area contributed by atoms with Crippen molar-refractivity contribution in [2.24, 2.45) is 0 Å². The van der Waals surface area contributed by atoms with Crippen LogP contribution in [0.5, 0.6) is 0 Å². The zero-order valence-corrected chi connectivity index (χ0v) is 11.8. The van der Waals surface area contributed by atoms with E-state index in [9.17, 15) is 0 Å². The Hall–Kier alpha value is -1.82. The molecular weight excluding hydrogens is 228 g/mol. The fourth-order valence-electron chi connectivity index (χ4n) is 3.31. The fourth-order valence-corrected chi connectivity index (χ4v) is 3.31. The minimum absolute atomic E-state index is 1.21. The van der Waals surface area contributed by atoms with Crippen molar-refractivity contribution in [2.75, 3.05) is 0 Å². The molecule has 19 heavy (non-hydrogen) atoms. The largest absolute Gasteiger partial charge is 0.0984 e. The summed E-state index contributed by atoms with van der Waals surface area (Å²) in [6, 6.07) is 11.3. The van der Waals surface area contributed by atoms with Crippen LogP contribution in [-0.2, 0) is 12.8 Å². The van der Waals surface area contributed by atoms with Crippen LogP contribution in [0.1, 0.15) is 34.2 Å². The van der Waals surface area contributed by atoms with E-state index in [1.807, 2.05) is 6.08 Å². The molecule has 0 aromatic heterocycles. The van der Waals surface area contributed by atoms with E-state index in [4.69, 9.17) is 0 Å². The third-order valence-electron chi connectivity index (χ3n) is 4.05. The van der Waals surface area contributed by atoms with Crippen LogP contribution >= 0.6 is 0 Å². The summed E-state index contributed by atoms with van der Waals surface area (Å²) in [6.07, 6.45) is 5.71. The lowest BCUT2D eigenvalue weighted by molar-refractivity contribution is 0.912. The Morgan fingerprint density at radius 3 is 2.42 bits per heavy atom. The second-order valence-electron chi connectivity index (χ2n) is 5.60. The van der Waals surface area contributed by atoms with E-state index < -0.39 is 0 Å². The zero-order chi connectivity index (χ0) is 13.4. The van der Waals surface area contributed by atoms with Gasteiger partial charge in [0.15, 0.2) is 0 Å².